The summed E-state index contributed by atoms with van der Waals surface area (Å²) >= 11 is 0. The molecule has 0 saturated carbocycles. The molecule has 0 aliphatic carbocycles. The van der Waals surface area contributed by atoms with Crippen LogP contribution < -0.4 is 0 Å². The Bertz CT molecular complexity index is 110. The zero-order chi connectivity index (χ0) is 7.61. The van der Waals surface area contributed by atoms with Crippen LogP contribution >= 0.6 is 0 Å². The Morgan fingerprint density at radius 2 is 2.20 bits per heavy atom. The summed E-state index contributed by atoms with van der Waals surface area (Å²) in [4.78, 5) is 0. The standard InChI is InChI=1S/C8H16O2/c1-8(2)4-5-10-7(6-8)9-3/h7H,4-6H2,1-3H3/t7-/m1/s1. The van der Waals surface area contributed by atoms with Gasteiger partial charge in [0.25, 0.3) is 0 Å². The highest BCUT2D eigenvalue weighted by molar-refractivity contribution is 4.73. The van der Waals surface area contributed by atoms with Gasteiger partial charge in [0.05, 0.1) is 6.61 Å². The van der Waals surface area contributed by atoms with Crippen LogP contribution in [0.15, 0.2) is 0 Å². The fourth-order valence-electron chi connectivity index (χ4n) is 1.23. The summed E-state index contributed by atoms with van der Waals surface area (Å²) in [5.41, 5.74) is 0.402. The van der Waals surface area contributed by atoms with Crippen LogP contribution in [0.1, 0.15) is 26.7 Å². The summed E-state index contributed by atoms with van der Waals surface area (Å²) in [6.07, 6.45) is 2.19. The molecule has 0 N–H and O–H groups in total. The van der Waals surface area contributed by atoms with E-state index in [4.69, 9.17) is 9.47 Å². The molecule has 0 aromatic carbocycles. The average Bonchev–Trinajstić information content (AvgIpc) is 1.86. The molecule has 1 rings (SSSR count). The van der Waals surface area contributed by atoms with Gasteiger partial charge in [0.15, 0.2) is 6.29 Å². The highest BCUT2D eigenvalue weighted by atomic mass is 16.7. The van der Waals surface area contributed by atoms with Crippen LogP contribution in [0, 0.1) is 5.41 Å². The number of rotatable bonds is 1. The Kier molecular flexibility index (Phi) is 2.32. The Morgan fingerprint density at radius 1 is 1.50 bits per heavy atom. The van der Waals surface area contributed by atoms with Gasteiger partial charge in [-0.3, -0.25) is 0 Å². The molecule has 1 aliphatic rings. The van der Waals surface area contributed by atoms with E-state index in [9.17, 15) is 0 Å². The van der Waals surface area contributed by atoms with Crippen molar-refractivity contribution in [1.82, 2.24) is 0 Å². The Labute approximate surface area is 62.5 Å². The van der Waals surface area contributed by atoms with Gasteiger partial charge in [-0.2, -0.15) is 0 Å². The largest absolute Gasteiger partial charge is 0.356 e. The molecule has 2 nitrogen and oxygen atoms in total. The van der Waals surface area contributed by atoms with Gasteiger partial charge < -0.3 is 9.47 Å². The van der Waals surface area contributed by atoms with Crippen LogP contribution in [-0.4, -0.2) is 20.0 Å². The summed E-state index contributed by atoms with van der Waals surface area (Å²) in [5.74, 6) is 0. The van der Waals surface area contributed by atoms with Crippen LogP contribution in [0.3, 0.4) is 0 Å². The highest BCUT2D eigenvalue weighted by Gasteiger charge is 2.28. The number of hydrogen-bond acceptors (Lipinski definition) is 2. The molecule has 10 heavy (non-hydrogen) atoms. The third kappa shape index (κ3) is 1.96. The predicted octanol–water partition coefficient (Wildman–Crippen LogP) is 1.80. The third-order valence-corrected chi connectivity index (χ3v) is 2.06. The Balaban J connectivity index is 2.40. The van der Waals surface area contributed by atoms with Crippen LogP contribution in [0.2, 0.25) is 0 Å². The topological polar surface area (TPSA) is 18.5 Å². The molecular weight excluding hydrogens is 128 g/mol. The first kappa shape index (κ1) is 8.02. The second-order valence-corrected chi connectivity index (χ2v) is 3.65. The van der Waals surface area contributed by atoms with E-state index in [1.165, 1.54) is 0 Å². The van der Waals surface area contributed by atoms with Crippen molar-refractivity contribution >= 4 is 0 Å². The lowest BCUT2D eigenvalue weighted by molar-refractivity contribution is -0.172. The van der Waals surface area contributed by atoms with Crippen molar-refractivity contribution in [2.24, 2.45) is 5.41 Å². The monoisotopic (exact) mass is 144 g/mol. The van der Waals surface area contributed by atoms with Crippen molar-refractivity contribution in [3.63, 3.8) is 0 Å². The zero-order valence-corrected chi connectivity index (χ0v) is 7.02. The van der Waals surface area contributed by atoms with E-state index in [2.05, 4.69) is 13.8 Å². The van der Waals surface area contributed by atoms with Gasteiger partial charge in [-0.1, -0.05) is 13.8 Å². The molecule has 0 radical (unpaired) electrons. The number of hydrogen-bond donors (Lipinski definition) is 0. The van der Waals surface area contributed by atoms with Crippen molar-refractivity contribution in [3.8, 4) is 0 Å². The van der Waals surface area contributed by atoms with Gasteiger partial charge in [0.1, 0.15) is 0 Å². The van der Waals surface area contributed by atoms with E-state index in [1.807, 2.05) is 0 Å². The molecule has 0 aromatic rings. The van der Waals surface area contributed by atoms with Gasteiger partial charge in [-0.25, -0.2) is 0 Å². The lowest BCUT2D eigenvalue weighted by atomic mass is 9.84. The molecule has 0 spiro atoms. The minimum absolute atomic E-state index is 0.0312. The smallest absolute Gasteiger partial charge is 0.157 e. The number of ether oxygens (including phenoxy) is 2. The number of methoxy groups -OCH3 is 1. The maximum absolute atomic E-state index is 5.34. The molecule has 1 atom stereocenters. The van der Waals surface area contributed by atoms with E-state index in [1.54, 1.807) is 7.11 Å². The molecular formula is C8H16O2. The van der Waals surface area contributed by atoms with Gasteiger partial charge in [-0.05, 0) is 11.8 Å². The fourth-order valence-corrected chi connectivity index (χ4v) is 1.23. The average molecular weight is 144 g/mol. The second-order valence-electron chi connectivity index (χ2n) is 3.65. The molecule has 1 fully saturated rings. The van der Waals surface area contributed by atoms with E-state index in [-0.39, 0.29) is 6.29 Å². The van der Waals surface area contributed by atoms with Crippen molar-refractivity contribution in [3.05, 3.63) is 0 Å². The minimum Gasteiger partial charge on any atom is -0.356 e. The summed E-state index contributed by atoms with van der Waals surface area (Å²) in [6.45, 7) is 5.34. The Morgan fingerprint density at radius 3 is 2.60 bits per heavy atom. The third-order valence-electron chi connectivity index (χ3n) is 2.06. The molecule has 0 unspecified atom stereocenters. The van der Waals surface area contributed by atoms with Gasteiger partial charge in [0, 0.05) is 13.5 Å². The summed E-state index contributed by atoms with van der Waals surface area (Å²) in [7, 11) is 1.70. The van der Waals surface area contributed by atoms with E-state index >= 15 is 0 Å². The molecule has 2 heteroatoms. The van der Waals surface area contributed by atoms with Crippen LogP contribution in [-0.2, 0) is 9.47 Å². The van der Waals surface area contributed by atoms with E-state index < -0.39 is 0 Å². The maximum Gasteiger partial charge on any atom is 0.157 e. The van der Waals surface area contributed by atoms with Gasteiger partial charge >= 0.3 is 0 Å². The molecule has 1 aliphatic heterocycles. The molecule has 1 heterocycles. The summed E-state index contributed by atoms with van der Waals surface area (Å²) in [6, 6.07) is 0. The molecule has 60 valence electrons. The first-order valence-electron chi connectivity index (χ1n) is 3.78. The minimum atomic E-state index is 0.0312. The zero-order valence-electron chi connectivity index (χ0n) is 7.02. The normalized spacial score (nSPS) is 32.1. The first-order chi connectivity index (χ1) is 4.64. The molecule has 0 amide bonds. The maximum atomic E-state index is 5.34. The SMILES string of the molecule is CO[C@H]1CC(C)(C)CCO1. The Hall–Kier alpha value is -0.0800. The van der Waals surface area contributed by atoms with Crippen molar-refractivity contribution in [1.29, 1.82) is 0 Å². The quantitative estimate of drug-likeness (QED) is 0.558. The lowest BCUT2D eigenvalue weighted by Crippen LogP contribution is -2.32. The van der Waals surface area contributed by atoms with E-state index in [0.717, 1.165) is 19.4 Å². The van der Waals surface area contributed by atoms with Crippen molar-refractivity contribution in [2.45, 2.75) is 33.0 Å². The van der Waals surface area contributed by atoms with Crippen molar-refractivity contribution < 1.29 is 9.47 Å². The van der Waals surface area contributed by atoms with Gasteiger partial charge in [0.2, 0.25) is 0 Å². The molecule has 0 bridgehead atoms. The fraction of sp³-hybridized carbons (Fsp3) is 1.00. The molecule has 0 aromatic heterocycles. The molecule has 1 saturated heterocycles. The summed E-state index contributed by atoms with van der Waals surface area (Å²) < 4.78 is 10.4. The predicted molar refractivity (Wildman–Crippen MR) is 39.8 cm³/mol. The van der Waals surface area contributed by atoms with Gasteiger partial charge in [-0.15, -0.1) is 0 Å². The summed E-state index contributed by atoms with van der Waals surface area (Å²) in [5, 5.41) is 0. The van der Waals surface area contributed by atoms with E-state index in [0.29, 0.717) is 5.41 Å². The lowest BCUT2D eigenvalue weighted by Gasteiger charge is -2.34. The first-order valence-corrected chi connectivity index (χ1v) is 3.78. The van der Waals surface area contributed by atoms with Crippen molar-refractivity contribution in [2.75, 3.05) is 13.7 Å². The van der Waals surface area contributed by atoms with Crippen LogP contribution in [0.5, 0.6) is 0 Å². The van der Waals surface area contributed by atoms with Crippen LogP contribution in [0.4, 0.5) is 0 Å². The second kappa shape index (κ2) is 2.89. The highest BCUT2D eigenvalue weighted by Crippen LogP contribution is 2.31. The van der Waals surface area contributed by atoms with Crippen LogP contribution in [0.25, 0.3) is 0 Å².